The predicted molar refractivity (Wildman–Crippen MR) is 68.1 cm³/mol. The topological polar surface area (TPSA) is 31.6 Å². The van der Waals surface area contributed by atoms with Crippen LogP contribution in [0.15, 0.2) is 16.5 Å². The third kappa shape index (κ3) is 5.42. The van der Waals surface area contributed by atoms with Gasteiger partial charge in [-0.15, -0.1) is 0 Å². The monoisotopic (exact) mass is 348 g/mol. The number of nitrogens with zero attached hydrogens (tertiary/aromatic N) is 1. The normalized spacial score (nSPS) is 12.4. The van der Waals surface area contributed by atoms with Crippen LogP contribution >= 0.6 is 0 Å². The predicted octanol–water partition coefficient (Wildman–Crippen LogP) is 1.30. The Bertz CT molecular complexity index is 327. The molecule has 0 aliphatic carbocycles. The third-order valence-electron chi connectivity index (χ3n) is 1.94. The average Bonchev–Trinajstić information content (AvgIpc) is 2.63. The van der Waals surface area contributed by atoms with Crippen molar-refractivity contribution in [1.82, 2.24) is 0 Å². The first-order valence-corrected chi connectivity index (χ1v) is 8.59. The van der Waals surface area contributed by atoms with Gasteiger partial charge in [0.25, 0.3) is 0 Å². The van der Waals surface area contributed by atoms with Gasteiger partial charge >= 0.3 is 114 Å². The SMILES string of the molecule is CCOC(OCC)c1cc[c]([Sn][N+](C)(C)C)o1. The molecule has 1 aromatic rings. The summed E-state index contributed by atoms with van der Waals surface area (Å²) in [5.74, 6) is 0.790. The zero-order chi connectivity index (χ0) is 12.9. The van der Waals surface area contributed by atoms with E-state index in [-0.39, 0.29) is 6.29 Å². The van der Waals surface area contributed by atoms with Gasteiger partial charge in [0.05, 0.1) is 0 Å². The summed E-state index contributed by atoms with van der Waals surface area (Å²) >= 11 is -0.745. The van der Waals surface area contributed by atoms with Gasteiger partial charge in [-0.1, -0.05) is 0 Å². The number of hydrogen-bond donors (Lipinski definition) is 0. The van der Waals surface area contributed by atoms with Crippen molar-refractivity contribution in [2.75, 3.05) is 34.4 Å². The molecule has 0 aromatic carbocycles. The summed E-state index contributed by atoms with van der Waals surface area (Å²) in [6, 6.07) is 4.04. The molecule has 1 rings (SSSR count). The van der Waals surface area contributed by atoms with Gasteiger partial charge in [0.2, 0.25) is 0 Å². The Kier molecular flexibility index (Phi) is 5.98. The minimum absolute atomic E-state index is 0.356. The van der Waals surface area contributed by atoms with Crippen LogP contribution < -0.4 is 3.78 Å². The van der Waals surface area contributed by atoms with Crippen molar-refractivity contribution < 1.29 is 16.6 Å². The molecule has 0 N–H and O–H groups in total. The Balaban J connectivity index is 2.70. The molecule has 2 radical (unpaired) electrons. The minimum atomic E-state index is -0.745. The van der Waals surface area contributed by atoms with Gasteiger partial charge in [0.1, 0.15) is 0 Å². The summed E-state index contributed by atoms with van der Waals surface area (Å²) in [5, 5.41) is 0. The Labute approximate surface area is 114 Å². The van der Waals surface area contributed by atoms with Crippen LogP contribution in [0.4, 0.5) is 0 Å². The molecule has 4 nitrogen and oxygen atoms in total. The van der Waals surface area contributed by atoms with Crippen LogP contribution in [0, 0.1) is 0 Å². The summed E-state index contributed by atoms with van der Waals surface area (Å²) < 4.78 is 19.0. The maximum absolute atomic E-state index is 5.84. The fraction of sp³-hybridized carbons (Fsp3) is 0.667. The number of rotatable bonds is 7. The summed E-state index contributed by atoms with van der Waals surface area (Å²) in [4.78, 5) is 0. The van der Waals surface area contributed by atoms with E-state index in [0.717, 1.165) is 12.2 Å². The molecule has 1 aromatic heterocycles. The molecule has 17 heavy (non-hydrogen) atoms. The second-order valence-electron chi connectivity index (χ2n) is 4.57. The third-order valence-corrected chi connectivity index (χ3v) is 5.25. The second-order valence-corrected chi connectivity index (χ2v) is 10.4. The van der Waals surface area contributed by atoms with E-state index in [1.54, 1.807) is 0 Å². The summed E-state index contributed by atoms with van der Waals surface area (Å²) in [5.41, 5.74) is 0. The molecular formula is C12H22NO3Sn+. The van der Waals surface area contributed by atoms with Crippen molar-refractivity contribution in [3.05, 3.63) is 17.9 Å². The van der Waals surface area contributed by atoms with Crippen LogP contribution in [0.2, 0.25) is 0 Å². The Morgan fingerprint density at radius 1 is 1.18 bits per heavy atom. The van der Waals surface area contributed by atoms with Gasteiger partial charge in [0, 0.05) is 0 Å². The van der Waals surface area contributed by atoms with E-state index in [1.165, 1.54) is 0 Å². The van der Waals surface area contributed by atoms with Crippen molar-refractivity contribution in [1.29, 1.82) is 0 Å². The van der Waals surface area contributed by atoms with Crippen molar-refractivity contribution in [3.63, 3.8) is 0 Å². The van der Waals surface area contributed by atoms with Crippen LogP contribution in [0.5, 0.6) is 0 Å². The van der Waals surface area contributed by atoms with Gasteiger partial charge in [-0.05, 0) is 0 Å². The zero-order valence-electron chi connectivity index (χ0n) is 11.3. The Hall–Kier alpha value is -0.0413. The van der Waals surface area contributed by atoms with E-state index in [1.807, 2.05) is 19.9 Å². The number of quaternary nitrogens is 1. The van der Waals surface area contributed by atoms with E-state index in [4.69, 9.17) is 13.9 Å². The van der Waals surface area contributed by atoms with Crippen LogP contribution in [0.3, 0.4) is 0 Å². The quantitative estimate of drug-likeness (QED) is 0.551. The van der Waals surface area contributed by atoms with Crippen LogP contribution in [0.25, 0.3) is 0 Å². The van der Waals surface area contributed by atoms with Crippen molar-refractivity contribution in [2.45, 2.75) is 20.1 Å². The van der Waals surface area contributed by atoms with Crippen LogP contribution in [0.1, 0.15) is 25.9 Å². The maximum atomic E-state index is 5.84. The molecular weight excluding hydrogens is 325 g/mol. The van der Waals surface area contributed by atoms with Gasteiger partial charge in [0.15, 0.2) is 0 Å². The molecule has 0 amide bonds. The van der Waals surface area contributed by atoms with E-state index < -0.39 is 21.4 Å². The first-order valence-electron chi connectivity index (χ1n) is 5.89. The van der Waals surface area contributed by atoms with Gasteiger partial charge < -0.3 is 0 Å². The summed E-state index contributed by atoms with van der Waals surface area (Å²) in [6.45, 7) is 5.16. The number of ether oxygens (including phenoxy) is 2. The Morgan fingerprint density at radius 2 is 1.76 bits per heavy atom. The second kappa shape index (κ2) is 6.77. The van der Waals surface area contributed by atoms with Gasteiger partial charge in [-0.2, -0.15) is 0 Å². The molecule has 0 bridgehead atoms. The summed E-state index contributed by atoms with van der Waals surface area (Å²) in [6.07, 6.45) is -0.356. The summed E-state index contributed by atoms with van der Waals surface area (Å²) in [7, 11) is 6.62. The van der Waals surface area contributed by atoms with E-state index in [9.17, 15) is 0 Å². The average molecular weight is 347 g/mol. The van der Waals surface area contributed by atoms with Gasteiger partial charge in [-0.25, -0.2) is 0 Å². The molecule has 0 spiro atoms. The molecule has 0 unspecified atom stereocenters. The molecule has 5 heteroatoms. The van der Waals surface area contributed by atoms with Crippen molar-refractivity contribution in [3.8, 4) is 0 Å². The molecule has 0 saturated heterocycles. The molecule has 0 saturated carbocycles. The molecule has 0 aliphatic rings. The van der Waals surface area contributed by atoms with Crippen molar-refractivity contribution in [2.24, 2.45) is 0 Å². The van der Waals surface area contributed by atoms with Crippen molar-refractivity contribution >= 4 is 25.2 Å². The van der Waals surface area contributed by atoms with Crippen LogP contribution in [-0.4, -0.2) is 58.5 Å². The molecule has 0 fully saturated rings. The standard InChI is InChI=1S/C9H13O3.C3H9N.Sn/c1-3-10-9(11-4-2)8-6-5-7-12-8;1-4(2)3;/h5-6,9H,3-4H2,1-2H3;1-3H3;/q;;+1. The van der Waals surface area contributed by atoms with Gasteiger partial charge in [-0.3, -0.25) is 0 Å². The molecule has 0 aliphatic heterocycles. The number of furan rings is 1. The fourth-order valence-electron chi connectivity index (χ4n) is 1.39. The molecule has 1 heterocycles. The Morgan fingerprint density at radius 3 is 2.24 bits per heavy atom. The van der Waals surface area contributed by atoms with E-state index in [2.05, 4.69) is 27.2 Å². The molecule has 96 valence electrons. The molecule has 0 atom stereocenters. The number of hydrogen-bond acceptors (Lipinski definition) is 3. The fourth-order valence-corrected chi connectivity index (χ4v) is 4.19. The first kappa shape index (κ1) is 15.0. The van der Waals surface area contributed by atoms with E-state index in [0.29, 0.717) is 13.2 Å². The van der Waals surface area contributed by atoms with Crippen LogP contribution in [-0.2, 0) is 9.47 Å². The zero-order valence-corrected chi connectivity index (χ0v) is 14.2. The first-order chi connectivity index (χ1) is 7.96. The van der Waals surface area contributed by atoms with E-state index >= 15 is 0 Å².